The van der Waals surface area contributed by atoms with Gasteiger partial charge in [0.15, 0.2) is 20.4 Å². The lowest BCUT2D eigenvalue weighted by Gasteiger charge is -2.20. The molecule has 2 aliphatic rings. The van der Waals surface area contributed by atoms with Gasteiger partial charge in [-0.2, -0.15) is 0 Å². The summed E-state index contributed by atoms with van der Waals surface area (Å²) in [5.74, 6) is 0. The minimum atomic E-state index is -1.43. The maximum absolute atomic E-state index is 6.84. The highest BCUT2D eigenvalue weighted by molar-refractivity contribution is 7.68. The lowest BCUT2D eigenvalue weighted by Crippen LogP contribution is -2.36. The summed E-state index contributed by atoms with van der Waals surface area (Å²) in [5.41, 5.74) is 0. The Kier molecular flexibility index (Phi) is 7.53. The first kappa shape index (κ1) is 23.9. The Labute approximate surface area is 214 Å². The third kappa shape index (κ3) is 5.17. The summed E-state index contributed by atoms with van der Waals surface area (Å²) < 4.78 is 24.9. The molecule has 1 N–H and O–H groups in total. The molecule has 4 aromatic carbocycles. The van der Waals surface area contributed by atoms with Crippen molar-refractivity contribution in [3.05, 3.63) is 121 Å². The summed E-state index contributed by atoms with van der Waals surface area (Å²) in [7, 11) is -2.29. The number of hydrogen-bond donors (Lipinski definition) is 0. The van der Waals surface area contributed by atoms with E-state index >= 15 is 0 Å². The largest absolute Gasteiger partial charge is 0.411 e. The van der Waals surface area contributed by atoms with E-state index < -0.39 is 16.3 Å². The molecule has 0 aliphatic carbocycles. The molecule has 2 heterocycles. The molecule has 4 aromatic rings. The zero-order valence-electron chi connectivity index (χ0n) is 19.9. The highest BCUT2D eigenvalue weighted by Gasteiger charge is 2.54. The van der Waals surface area contributed by atoms with Gasteiger partial charge in [-0.1, -0.05) is 72.8 Å². The molecule has 0 saturated carbocycles. The van der Waals surface area contributed by atoms with Crippen LogP contribution in [0.15, 0.2) is 121 Å². The molecule has 6 rings (SSSR count). The smallest absolute Gasteiger partial charge is 0.268 e. The molecule has 0 aromatic heterocycles. The SMILES string of the molecule is c1ccc(P([OH+]C2COC3C(O[PH+](c4ccccc4)c4ccccc4)COC23)c2ccccc2)cc1. The fourth-order valence-electron chi connectivity index (χ4n) is 4.85. The van der Waals surface area contributed by atoms with Gasteiger partial charge in [0.2, 0.25) is 6.10 Å². The van der Waals surface area contributed by atoms with Gasteiger partial charge in [0.25, 0.3) is 8.15 Å². The molecule has 2 aliphatic heterocycles. The lowest BCUT2D eigenvalue weighted by molar-refractivity contribution is -0.0300. The van der Waals surface area contributed by atoms with Crippen molar-refractivity contribution in [2.75, 3.05) is 13.2 Å². The van der Waals surface area contributed by atoms with Crippen LogP contribution in [0.3, 0.4) is 0 Å². The normalized spacial score (nSPS) is 23.3. The summed E-state index contributed by atoms with van der Waals surface area (Å²) in [5, 5.41) is 4.94. The predicted molar refractivity (Wildman–Crippen MR) is 150 cm³/mol. The fraction of sp³-hybridized carbons (Fsp3) is 0.200. The van der Waals surface area contributed by atoms with Gasteiger partial charge in [0.1, 0.15) is 23.3 Å². The van der Waals surface area contributed by atoms with Crippen LogP contribution in [0.1, 0.15) is 0 Å². The lowest BCUT2D eigenvalue weighted by atomic mass is 10.1. The van der Waals surface area contributed by atoms with E-state index in [1.807, 2.05) is 12.1 Å². The van der Waals surface area contributed by atoms with Gasteiger partial charge in [0, 0.05) is 0 Å². The monoisotopic (exact) mass is 516 g/mol. The topological polar surface area (TPSA) is 40.5 Å². The first-order chi connectivity index (χ1) is 17.9. The minimum Gasteiger partial charge on any atom is -0.411 e. The molecule has 2 saturated heterocycles. The van der Waals surface area contributed by atoms with Crippen LogP contribution in [0.5, 0.6) is 0 Å². The maximum Gasteiger partial charge on any atom is 0.268 e. The summed E-state index contributed by atoms with van der Waals surface area (Å²) in [6, 6.07) is 42.2. The zero-order valence-corrected chi connectivity index (χ0v) is 21.8. The molecule has 4 atom stereocenters. The van der Waals surface area contributed by atoms with Crippen molar-refractivity contribution in [3.8, 4) is 0 Å². The van der Waals surface area contributed by atoms with E-state index in [-0.39, 0.29) is 24.4 Å². The molecule has 182 valence electrons. The average molecular weight is 517 g/mol. The predicted octanol–water partition coefficient (Wildman–Crippen LogP) is 3.89. The Morgan fingerprint density at radius 2 is 1.08 bits per heavy atom. The molecule has 0 bridgehead atoms. The molecule has 0 radical (unpaired) electrons. The Hall–Kier alpha value is -2.42. The maximum atomic E-state index is 6.84. The number of ether oxygens (including phenoxy) is 2. The van der Waals surface area contributed by atoms with Crippen LogP contribution in [-0.2, 0) is 14.0 Å². The first-order valence-electron chi connectivity index (χ1n) is 12.4. The average Bonchev–Trinajstić information content (AvgIpc) is 3.55. The zero-order chi connectivity index (χ0) is 24.2. The van der Waals surface area contributed by atoms with E-state index in [4.69, 9.17) is 18.5 Å². The van der Waals surface area contributed by atoms with E-state index in [0.717, 1.165) is 0 Å². The first-order valence-corrected chi connectivity index (χ1v) is 15.1. The van der Waals surface area contributed by atoms with E-state index in [0.29, 0.717) is 13.2 Å². The second-order valence-electron chi connectivity index (χ2n) is 8.98. The Balaban J connectivity index is 1.20. The summed E-state index contributed by atoms with van der Waals surface area (Å²) in [6.45, 7) is 1.09. The van der Waals surface area contributed by atoms with Gasteiger partial charge in [-0.3, -0.25) is 0 Å². The van der Waals surface area contributed by atoms with Crippen molar-refractivity contribution in [1.29, 1.82) is 0 Å². The van der Waals surface area contributed by atoms with Crippen molar-refractivity contribution >= 4 is 37.5 Å². The molecule has 2 fully saturated rings. The van der Waals surface area contributed by atoms with E-state index in [1.54, 1.807) is 0 Å². The van der Waals surface area contributed by atoms with Gasteiger partial charge in [-0.25, -0.2) is 4.52 Å². The number of rotatable bonds is 8. The number of hydrogen-bond acceptors (Lipinski definition) is 3. The van der Waals surface area contributed by atoms with Crippen molar-refractivity contribution < 1.29 is 18.5 Å². The van der Waals surface area contributed by atoms with Gasteiger partial charge in [-0.05, 0) is 48.5 Å². The molecule has 0 amide bonds. The molecule has 0 spiro atoms. The van der Waals surface area contributed by atoms with Crippen LogP contribution in [-0.4, -0.2) is 42.2 Å². The van der Waals surface area contributed by atoms with Crippen molar-refractivity contribution in [3.63, 3.8) is 0 Å². The van der Waals surface area contributed by atoms with Crippen LogP contribution in [0, 0.1) is 0 Å². The van der Waals surface area contributed by atoms with Gasteiger partial charge >= 0.3 is 0 Å². The summed E-state index contributed by atoms with van der Waals surface area (Å²) in [4.78, 5) is 0. The van der Waals surface area contributed by atoms with E-state index in [2.05, 4.69) is 109 Å². The van der Waals surface area contributed by atoms with Crippen LogP contribution >= 0.6 is 16.3 Å². The molecule has 6 heteroatoms. The second-order valence-corrected chi connectivity index (χ2v) is 12.9. The van der Waals surface area contributed by atoms with Crippen LogP contribution in [0.2, 0.25) is 0 Å². The van der Waals surface area contributed by atoms with Gasteiger partial charge < -0.3 is 14.0 Å². The highest BCUT2D eigenvalue weighted by atomic mass is 31.1. The molecule has 4 nitrogen and oxygen atoms in total. The third-order valence-electron chi connectivity index (χ3n) is 6.59. The van der Waals surface area contributed by atoms with E-state index in [9.17, 15) is 0 Å². The fourth-order valence-corrected chi connectivity index (χ4v) is 8.92. The number of benzene rings is 4. The molecular formula is C30H30O4P2+2. The number of aliphatic hydroxyl groups is 1. The van der Waals surface area contributed by atoms with Crippen LogP contribution < -0.4 is 21.2 Å². The number of fused-ring (bicyclic) bond motifs is 1. The van der Waals surface area contributed by atoms with Crippen molar-refractivity contribution in [2.45, 2.75) is 24.4 Å². The van der Waals surface area contributed by atoms with Crippen LogP contribution in [0.25, 0.3) is 0 Å². The summed E-state index contributed by atoms with van der Waals surface area (Å²) >= 11 is 0. The Morgan fingerprint density at radius 1 is 0.611 bits per heavy atom. The quantitative estimate of drug-likeness (QED) is 0.264. The summed E-state index contributed by atoms with van der Waals surface area (Å²) in [6.07, 6.45) is -0.305. The second kappa shape index (κ2) is 11.3. The van der Waals surface area contributed by atoms with Crippen LogP contribution in [0.4, 0.5) is 0 Å². The van der Waals surface area contributed by atoms with Gasteiger partial charge in [0.05, 0.1) is 17.2 Å². The van der Waals surface area contributed by atoms with Crippen molar-refractivity contribution in [2.24, 2.45) is 0 Å². The molecule has 4 unspecified atom stereocenters. The highest BCUT2D eigenvalue weighted by Crippen LogP contribution is 2.43. The molecular weight excluding hydrogens is 486 g/mol. The standard InChI is InChI=1S/C30H28O4P2/c1-5-13-23(14-6-1)35(24-15-7-2-8-16-24)33-27-21-31-30-28(22-32-29(27)30)34-36(25-17-9-3-10-18-25)26-19-11-4-12-20-26/h1-20,27-30H,21-22H2/p+2. The Bertz CT molecular complexity index is 1050. The third-order valence-corrected chi connectivity index (χ3v) is 10.9. The van der Waals surface area contributed by atoms with Gasteiger partial charge in [-0.15, -0.1) is 0 Å². The minimum absolute atomic E-state index is 0.0146. The van der Waals surface area contributed by atoms with Crippen molar-refractivity contribution in [1.82, 2.24) is 0 Å². The molecule has 36 heavy (non-hydrogen) atoms. The Morgan fingerprint density at radius 3 is 1.61 bits per heavy atom. The van der Waals surface area contributed by atoms with E-state index in [1.165, 1.54) is 21.2 Å².